The number of carbonyl (C=O) groups is 1. The first-order chi connectivity index (χ1) is 14.7. The molecule has 0 radical (unpaired) electrons. The molecule has 1 fully saturated rings. The van der Waals surface area contributed by atoms with Crippen LogP contribution in [0.25, 0.3) is 0 Å². The molecule has 0 spiro atoms. The first kappa shape index (κ1) is 22.3. The fourth-order valence-corrected chi connectivity index (χ4v) is 3.53. The van der Waals surface area contributed by atoms with Crippen LogP contribution in [0, 0.1) is 11.2 Å². The van der Waals surface area contributed by atoms with Crippen molar-refractivity contribution < 1.29 is 18.0 Å². The number of amides is 1. The molecule has 0 unspecified atom stereocenters. The SMILES string of the molecule is CNc1ccc(Nc2nc(N[C@@H]3CCCC(F)(F)[C@@H]3N)c(F)cc2C(N)=O)cc1C=N. The van der Waals surface area contributed by atoms with Crippen LogP contribution in [0.3, 0.4) is 0 Å². The number of rotatable bonds is 7. The lowest BCUT2D eigenvalue weighted by Gasteiger charge is -2.36. The predicted octanol–water partition coefficient (Wildman–Crippen LogP) is 3.03. The largest absolute Gasteiger partial charge is 0.388 e. The molecule has 0 aliphatic heterocycles. The van der Waals surface area contributed by atoms with Gasteiger partial charge in [-0.05, 0) is 37.1 Å². The summed E-state index contributed by atoms with van der Waals surface area (Å²) in [7, 11) is 1.71. The molecule has 1 aromatic heterocycles. The minimum atomic E-state index is -3.07. The molecule has 2 atom stereocenters. The molecule has 1 aliphatic carbocycles. The van der Waals surface area contributed by atoms with Crippen LogP contribution in [0.2, 0.25) is 0 Å². The van der Waals surface area contributed by atoms with Crippen LogP contribution in [0.15, 0.2) is 24.3 Å². The zero-order valence-corrected chi connectivity index (χ0v) is 16.8. The molecule has 166 valence electrons. The van der Waals surface area contributed by atoms with Crippen LogP contribution in [0.1, 0.15) is 35.2 Å². The maximum absolute atomic E-state index is 14.6. The fraction of sp³-hybridized carbons (Fsp3) is 0.350. The second kappa shape index (κ2) is 8.80. The average Bonchev–Trinajstić information content (AvgIpc) is 2.73. The summed E-state index contributed by atoms with van der Waals surface area (Å²) in [6, 6.07) is 3.50. The zero-order valence-electron chi connectivity index (χ0n) is 16.8. The first-order valence-electron chi connectivity index (χ1n) is 9.66. The number of hydrogen-bond acceptors (Lipinski definition) is 7. The van der Waals surface area contributed by atoms with Gasteiger partial charge in [0, 0.05) is 42.7 Å². The number of carbonyl (C=O) groups excluding carboxylic acids is 1. The summed E-state index contributed by atoms with van der Waals surface area (Å²) in [5.41, 5.74) is 12.5. The number of halogens is 3. The number of anilines is 4. The van der Waals surface area contributed by atoms with Crippen molar-refractivity contribution in [3.05, 3.63) is 41.2 Å². The van der Waals surface area contributed by atoms with E-state index >= 15 is 0 Å². The Hall–Kier alpha value is -3.34. The molecule has 1 aromatic carbocycles. The normalized spacial score (nSPS) is 20.0. The number of nitrogens with two attached hydrogens (primary N) is 2. The number of pyridine rings is 1. The van der Waals surface area contributed by atoms with Gasteiger partial charge in [0.15, 0.2) is 11.6 Å². The van der Waals surface area contributed by atoms with Crippen molar-refractivity contribution >= 4 is 35.1 Å². The second-order valence-corrected chi connectivity index (χ2v) is 7.33. The molecule has 8 N–H and O–H groups in total. The molecule has 31 heavy (non-hydrogen) atoms. The number of hydrogen-bond donors (Lipinski definition) is 6. The number of benzene rings is 1. The summed E-state index contributed by atoms with van der Waals surface area (Å²) in [6.45, 7) is 0. The molecule has 1 amide bonds. The number of alkyl halides is 2. The van der Waals surface area contributed by atoms with E-state index in [0.29, 0.717) is 23.4 Å². The van der Waals surface area contributed by atoms with Gasteiger partial charge in [-0.15, -0.1) is 0 Å². The van der Waals surface area contributed by atoms with E-state index in [1.165, 1.54) is 0 Å². The molecule has 8 nitrogen and oxygen atoms in total. The summed E-state index contributed by atoms with van der Waals surface area (Å²) in [6.07, 6.45) is 1.37. The maximum atomic E-state index is 14.6. The lowest BCUT2D eigenvalue weighted by molar-refractivity contribution is -0.0555. The topological polar surface area (TPSA) is 142 Å². The molecule has 0 saturated heterocycles. The van der Waals surface area contributed by atoms with Gasteiger partial charge >= 0.3 is 0 Å². The van der Waals surface area contributed by atoms with E-state index in [1.807, 2.05) is 0 Å². The monoisotopic (exact) mass is 435 g/mol. The lowest BCUT2D eigenvalue weighted by Crippen LogP contribution is -2.55. The second-order valence-electron chi connectivity index (χ2n) is 7.33. The fourth-order valence-electron chi connectivity index (χ4n) is 3.53. The molecule has 0 bridgehead atoms. The van der Waals surface area contributed by atoms with Gasteiger partial charge in [0.05, 0.1) is 11.6 Å². The summed E-state index contributed by atoms with van der Waals surface area (Å²) in [5, 5.41) is 16.0. The van der Waals surface area contributed by atoms with Crippen LogP contribution in [0.5, 0.6) is 0 Å². The van der Waals surface area contributed by atoms with Crippen molar-refractivity contribution in [1.82, 2.24) is 4.98 Å². The van der Waals surface area contributed by atoms with Crippen molar-refractivity contribution in [2.45, 2.75) is 37.3 Å². The minimum absolute atomic E-state index is 0.0549. The molecular formula is C20H24F3N7O. The molecule has 3 rings (SSSR count). The summed E-state index contributed by atoms with van der Waals surface area (Å²) >= 11 is 0. The van der Waals surface area contributed by atoms with E-state index in [2.05, 4.69) is 20.9 Å². The molecular weight excluding hydrogens is 411 g/mol. The van der Waals surface area contributed by atoms with E-state index in [9.17, 15) is 18.0 Å². The predicted molar refractivity (Wildman–Crippen MR) is 114 cm³/mol. The van der Waals surface area contributed by atoms with E-state index < -0.39 is 29.7 Å². The third-order valence-electron chi connectivity index (χ3n) is 5.25. The van der Waals surface area contributed by atoms with E-state index in [1.54, 1.807) is 25.2 Å². The molecule has 2 aromatic rings. The van der Waals surface area contributed by atoms with Gasteiger partial charge in [0.1, 0.15) is 5.82 Å². The Bertz CT molecular complexity index is 999. The van der Waals surface area contributed by atoms with Gasteiger partial charge in [0.25, 0.3) is 11.8 Å². The maximum Gasteiger partial charge on any atom is 0.264 e. The lowest BCUT2D eigenvalue weighted by atomic mass is 9.87. The van der Waals surface area contributed by atoms with Gasteiger partial charge in [-0.2, -0.15) is 0 Å². The Balaban J connectivity index is 1.94. The highest BCUT2D eigenvalue weighted by Crippen LogP contribution is 2.34. The van der Waals surface area contributed by atoms with E-state index in [-0.39, 0.29) is 30.0 Å². The Kier molecular flexibility index (Phi) is 6.34. The van der Waals surface area contributed by atoms with Crippen LogP contribution in [-0.2, 0) is 0 Å². The highest BCUT2D eigenvalue weighted by Gasteiger charge is 2.45. The van der Waals surface area contributed by atoms with Crippen LogP contribution >= 0.6 is 0 Å². The molecule has 11 heteroatoms. The molecule has 1 saturated carbocycles. The number of primary amides is 1. The highest BCUT2D eigenvalue weighted by molar-refractivity contribution is 5.99. The summed E-state index contributed by atoms with van der Waals surface area (Å²) in [5.74, 6) is -5.27. The van der Waals surface area contributed by atoms with E-state index in [0.717, 1.165) is 12.3 Å². The standard InChI is InChI=1S/C20H24F3N7O/c1-27-14-5-4-11(7-10(14)9-24)28-18-12(17(26)31)8-13(21)19(30-18)29-15-3-2-6-20(22,23)16(15)25/h4-5,7-9,15-16,24,27H,2-3,6,25H2,1H3,(H2,26,31)(H2,28,29,30)/t15-,16-/m1/s1. The van der Waals surface area contributed by atoms with Crippen LogP contribution in [-0.4, -0.2) is 42.2 Å². The Morgan fingerprint density at radius 1 is 1.32 bits per heavy atom. The van der Waals surface area contributed by atoms with Crippen molar-refractivity contribution in [2.75, 3.05) is 23.0 Å². The van der Waals surface area contributed by atoms with Gasteiger partial charge in [0.2, 0.25) is 0 Å². The first-order valence-corrected chi connectivity index (χ1v) is 9.66. The Morgan fingerprint density at radius 2 is 2.06 bits per heavy atom. The smallest absolute Gasteiger partial charge is 0.264 e. The van der Waals surface area contributed by atoms with Gasteiger partial charge in [-0.3, -0.25) is 4.79 Å². The number of aromatic nitrogens is 1. The molecule has 1 heterocycles. The van der Waals surface area contributed by atoms with Gasteiger partial charge < -0.3 is 32.8 Å². The quantitative estimate of drug-likeness (QED) is 0.369. The zero-order chi connectivity index (χ0) is 22.8. The average molecular weight is 435 g/mol. The Morgan fingerprint density at radius 3 is 2.71 bits per heavy atom. The highest BCUT2D eigenvalue weighted by atomic mass is 19.3. The van der Waals surface area contributed by atoms with Gasteiger partial charge in [-0.25, -0.2) is 18.2 Å². The van der Waals surface area contributed by atoms with Crippen LogP contribution < -0.4 is 27.4 Å². The third-order valence-corrected chi connectivity index (χ3v) is 5.25. The van der Waals surface area contributed by atoms with Crippen molar-refractivity contribution in [2.24, 2.45) is 11.5 Å². The minimum Gasteiger partial charge on any atom is -0.388 e. The van der Waals surface area contributed by atoms with Crippen molar-refractivity contribution in [1.29, 1.82) is 5.41 Å². The van der Waals surface area contributed by atoms with E-state index in [4.69, 9.17) is 16.9 Å². The number of nitrogens with zero attached hydrogens (tertiary/aromatic N) is 1. The van der Waals surface area contributed by atoms with Crippen LogP contribution in [0.4, 0.5) is 36.2 Å². The summed E-state index contributed by atoms with van der Waals surface area (Å²) < 4.78 is 42.5. The Labute approximate surface area is 177 Å². The van der Waals surface area contributed by atoms with Crippen molar-refractivity contribution in [3.8, 4) is 0 Å². The summed E-state index contributed by atoms with van der Waals surface area (Å²) in [4.78, 5) is 15.9. The molecule has 1 aliphatic rings. The third kappa shape index (κ3) is 4.71. The number of nitrogens with one attached hydrogen (secondary N) is 4. The van der Waals surface area contributed by atoms with Gasteiger partial charge in [-0.1, -0.05) is 0 Å². The van der Waals surface area contributed by atoms with Crippen molar-refractivity contribution in [3.63, 3.8) is 0 Å².